The van der Waals surface area contributed by atoms with Crippen molar-refractivity contribution in [1.82, 2.24) is 0 Å². The maximum Gasteiger partial charge on any atom is 0.339 e. The Balaban J connectivity index is 2.23. The lowest BCUT2D eigenvalue weighted by atomic mass is 9.97. The van der Waals surface area contributed by atoms with Gasteiger partial charge >= 0.3 is 5.63 Å². The van der Waals surface area contributed by atoms with Gasteiger partial charge < -0.3 is 9.15 Å². The molecular weight excluding hydrogens is 300 g/mol. The largest absolute Gasteiger partial charge is 0.496 e. The third-order valence-corrected chi connectivity index (χ3v) is 4.64. The van der Waals surface area contributed by atoms with Crippen LogP contribution in [0.3, 0.4) is 0 Å². The number of aryl methyl sites for hydroxylation is 1. The molecule has 0 aliphatic heterocycles. The van der Waals surface area contributed by atoms with Crippen LogP contribution in [0.2, 0.25) is 0 Å². The summed E-state index contributed by atoms with van der Waals surface area (Å²) in [5.74, 6) is 1.22. The van der Waals surface area contributed by atoms with Gasteiger partial charge in [-0.05, 0) is 54.2 Å². The predicted octanol–water partition coefficient (Wildman–Crippen LogP) is 5.21. The zero-order valence-electron chi connectivity index (χ0n) is 14.8. The minimum atomic E-state index is -0.297. The number of methoxy groups -OCH3 is 1. The molecule has 24 heavy (non-hydrogen) atoms. The fraction of sp³-hybridized carbons (Fsp3) is 0.286. The van der Waals surface area contributed by atoms with Crippen LogP contribution in [0.5, 0.6) is 5.75 Å². The van der Waals surface area contributed by atoms with E-state index >= 15 is 0 Å². The quantitative estimate of drug-likeness (QED) is 0.621. The minimum absolute atomic E-state index is 0.297. The number of ether oxygens (including phenoxy) is 1. The van der Waals surface area contributed by atoms with Gasteiger partial charge in [-0.1, -0.05) is 38.1 Å². The highest BCUT2D eigenvalue weighted by Gasteiger charge is 2.14. The van der Waals surface area contributed by atoms with Crippen molar-refractivity contribution in [3.8, 4) is 16.9 Å². The first-order valence-electron chi connectivity index (χ1n) is 8.14. The van der Waals surface area contributed by atoms with E-state index in [9.17, 15) is 4.79 Å². The molecular formula is C21H22O3. The molecule has 1 heterocycles. The molecule has 0 saturated heterocycles. The average molecular weight is 322 g/mol. The number of rotatable bonds is 3. The molecule has 0 unspecified atom stereocenters. The van der Waals surface area contributed by atoms with E-state index in [1.54, 1.807) is 14.0 Å². The lowest BCUT2D eigenvalue weighted by molar-refractivity contribution is 0.418. The second kappa shape index (κ2) is 6.16. The molecule has 3 aromatic rings. The Morgan fingerprint density at radius 2 is 1.62 bits per heavy atom. The highest BCUT2D eigenvalue weighted by molar-refractivity contribution is 5.91. The monoisotopic (exact) mass is 322 g/mol. The molecule has 0 fully saturated rings. The maximum atomic E-state index is 12.0. The molecule has 0 N–H and O–H groups in total. The third-order valence-electron chi connectivity index (χ3n) is 4.64. The number of hydrogen-bond acceptors (Lipinski definition) is 3. The topological polar surface area (TPSA) is 39.4 Å². The lowest BCUT2D eigenvalue weighted by Crippen LogP contribution is -2.06. The molecule has 0 aliphatic carbocycles. The summed E-state index contributed by atoms with van der Waals surface area (Å²) in [6, 6.07) is 12.4. The van der Waals surface area contributed by atoms with Crippen molar-refractivity contribution in [1.29, 1.82) is 0 Å². The van der Waals surface area contributed by atoms with Crippen molar-refractivity contribution < 1.29 is 9.15 Å². The molecule has 0 aliphatic rings. The van der Waals surface area contributed by atoms with Crippen molar-refractivity contribution in [2.75, 3.05) is 7.11 Å². The normalized spacial score (nSPS) is 11.2. The first-order valence-corrected chi connectivity index (χ1v) is 8.14. The Bertz CT molecular complexity index is 947. The molecule has 3 nitrogen and oxygen atoms in total. The zero-order valence-corrected chi connectivity index (χ0v) is 14.8. The van der Waals surface area contributed by atoms with Crippen LogP contribution in [0, 0.1) is 13.8 Å². The van der Waals surface area contributed by atoms with Gasteiger partial charge in [0.25, 0.3) is 0 Å². The summed E-state index contributed by atoms with van der Waals surface area (Å²) in [5.41, 5.74) is 5.13. The van der Waals surface area contributed by atoms with E-state index in [0.717, 1.165) is 27.8 Å². The summed E-state index contributed by atoms with van der Waals surface area (Å²) >= 11 is 0. The van der Waals surface area contributed by atoms with E-state index in [1.807, 2.05) is 19.1 Å². The van der Waals surface area contributed by atoms with Crippen LogP contribution < -0.4 is 10.4 Å². The summed E-state index contributed by atoms with van der Waals surface area (Å²) < 4.78 is 11.1. The van der Waals surface area contributed by atoms with E-state index in [1.165, 1.54) is 5.56 Å². The van der Waals surface area contributed by atoms with E-state index in [-0.39, 0.29) is 5.63 Å². The zero-order chi connectivity index (χ0) is 17.4. The van der Waals surface area contributed by atoms with Gasteiger partial charge in [0, 0.05) is 5.56 Å². The Hall–Kier alpha value is -2.55. The first kappa shape index (κ1) is 16.3. The lowest BCUT2D eigenvalue weighted by Gasteiger charge is -2.12. The van der Waals surface area contributed by atoms with E-state index in [4.69, 9.17) is 9.15 Å². The van der Waals surface area contributed by atoms with Crippen LogP contribution in [0.25, 0.3) is 22.1 Å². The summed E-state index contributed by atoms with van der Waals surface area (Å²) in [6.45, 7) is 8.05. The Morgan fingerprint density at radius 1 is 0.958 bits per heavy atom. The Labute approximate surface area is 141 Å². The van der Waals surface area contributed by atoms with E-state index < -0.39 is 0 Å². The van der Waals surface area contributed by atoms with Gasteiger partial charge in [0.1, 0.15) is 11.3 Å². The van der Waals surface area contributed by atoms with Crippen molar-refractivity contribution in [3.05, 3.63) is 63.5 Å². The molecule has 0 atom stereocenters. The van der Waals surface area contributed by atoms with Crippen molar-refractivity contribution in [2.24, 2.45) is 0 Å². The molecule has 2 aromatic carbocycles. The second-order valence-corrected chi connectivity index (χ2v) is 6.47. The van der Waals surface area contributed by atoms with Gasteiger partial charge in [-0.15, -0.1) is 0 Å². The SMILES string of the molecule is COc1cc(-c2ccc(C(C)C)cc2)cc2oc(=O)c(C)c(C)c12. The molecule has 3 rings (SSSR count). The smallest absolute Gasteiger partial charge is 0.339 e. The molecule has 0 bridgehead atoms. The van der Waals surface area contributed by atoms with Gasteiger partial charge in [0.15, 0.2) is 0 Å². The van der Waals surface area contributed by atoms with Gasteiger partial charge in [-0.25, -0.2) is 4.79 Å². The van der Waals surface area contributed by atoms with E-state index in [2.05, 4.69) is 38.1 Å². The molecule has 3 heteroatoms. The Morgan fingerprint density at radius 3 is 2.21 bits per heavy atom. The highest BCUT2D eigenvalue weighted by atomic mass is 16.5. The fourth-order valence-electron chi connectivity index (χ4n) is 2.95. The fourth-order valence-corrected chi connectivity index (χ4v) is 2.95. The van der Waals surface area contributed by atoms with Crippen molar-refractivity contribution in [3.63, 3.8) is 0 Å². The number of hydrogen-bond donors (Lipinski definition) is 0. The number of fused-ring (bicyclic) bond motifs is 1. The standard InChI is InChI=1S/C21H22O3/c1-12(2)15-6-8-16(9-7-15)17-10-18(23-5)20-13(3)14(4)21(22)24-19(20)11-17/h6-12H,1-5H3. The number of benzene rings is 2. The Kier molecular flexibility index (Phi) is 4.18. The third kappa shape index (κ3) is 2.71. The second-order valence-electron chi connectivity index (χ2n) is 6.47. The highest BCUT2D eigenvalue weighted by Crippen LogP contribution is 2.35. The van der Waals surface area contributed by atoms with Crippen LogP contribution in [0.1, 0.15) is 36.5 Å². The minimum Gasteiger partial charge on any atom is -0.496 e. The van der Waals surface area contributed by atoms with E-state index in [0.29, 0.717) is 17.1 Å². The van der Waals surface area contributed by atoms with Crippen molar-refractivity contribution in [2.45, 2.75) is 33.6 Å². The summed E-state index contributed by atoms with van der Waals surface area (Å²) in [4.78, 5) is 12.0. The van der Waals surface area contributed by atoms with Crippen LogP contribution in [0.4, 0.5) is 0 Å². The molecule has 124 valence electrons. The van der Waals surface area contributed by atoms with Gasteiger partial charge in [-0.2, -0.15) is 0 Å². The average Bonchev–Trinajstić information content (AvgIpc) is 2.58. The van der Waals surface area contributed by atoms with Gasteiger partial charge in [0.2, 0.25) is 0 Å². The summed E-state index contributed by atoms with van der Waals surface area (Å²) in [7, 11) is 1.64. The molecule has 0 saturated carbocycles. The molecule has 1 aromatic heterocycles. The maximum absolute atomic E-state index is 12.0. The molecule has 0 radical (unpaired) electrons. The van der Waals surface area contributed by atoms with Crippen molar-refractivity contribution >= 4 is 11.0 Å². The van der Waals surface area contributed by atoms with Crippen LogP contribution >= 0.6 is 0 Å². The van der Waals surface area contributed by atoms with Gasteiger partial charge in [0.05, 0.1) is 12.5 Å². The molecule has 0 amide bonds. The summed E-state index contributed by atoms with van der Waals surface area (Å²) in [6.07, 6.45) is 0. The van der Waals surface area contributed by atoms with Crippen LogP contribution in [0.15, 0.2) is 45.6 Å². The molecule has 0 spiro atoms. The van der Waals surface area contributed by atoms with Crippen LogP contribution in [-0.2, 0) is 0 Å². The van der Waals surface area contributed by atoms with Crippen LogP contribution in [-0.4, -0.2) is 7.11 Å². The predicted molar refractivity (Wildman–Crippen MR) is 98.0 cm³/mol. The first-order chi connectivity index (χ1) is 11.4. The summed E-state index contributed by atoms with van der Waals surface area (Å²) in [5, 5.41) is 0.858. The van der Waals surface area contributed by atoms with Gasteiger partial charge in [-0.3, -0.25) is 0 Å².